The van der Waals surface area contributed by atoms with Crippen molar-refractivity contribution < 1.29 is 23.2 Å². The number of nitrogens with zero attached hydrogens (tertiary/aromatic N) is 3. The molecule has 2 amide bonds. The molecule has 9 heteroatoms. The van der Waals surface area contributed by atoms with E-state index < -0.39 is 29.5 Å². The van der Waals surface area contributed by atoms with Crippen molar-refractivity contribution in [3.05, 3.63) is 108 Å². The maximum atomic E-state index is 14.1. The minimum atomic E-state index is -1.72. The Morgan fingerprint density at radius 3 is 2.54 bits per heavy atom. The molecule has 3 aromatic carbocycles. The third-order valence-corrected chi connectivity index (χ3v) is 6.70. The van der Waals surface area contributed by atoms with Gasteiger partial charge in [0.25, 0.3) is 11.5 Å². The summed E-state index contributed by atoms with van der Waals surface area (Å²) in [5.41, 5.74) is 2.39. The molecular formula is C28H21FN4O4. The monoisotopic (exact) mass is 496 g/mol. The van der Waals surface area contributed by atoms with E-state index in [0.717, 1.165) is 21.6 Å². The van der Waals surface area contributed by atoms with Crippen LogP contribution in [0.4, 0.5) is 9.18 Å². The van der Waals surface area contributed by atoms with Gasteiger partial charge in [0.2, 0.25) is 0 Å². The number of nitrogens with one attached hydrogen (secondary N) is 1. The van der Waals surface area contributed by atoms with Crippen LogP contribution in [0.3, 0.4) is 0 Å². The second kappa shape index (κ2) is 8.70. The Hall–Kier alpha value is -4.79. The van der Waals surface area contributed by atoms with Gasteiger partial charge in [0, 0.05) is 17.5 Å². The predicted molar refractivity (Wildman–Crippen MR) is 132 cm³/mol. The summed E-state index contributed by atoms with van der Waals surface area (Å²) in [6, 6.07) is 19.8. The largest absolute Gasteiger partial charge is 0.424 e. The number of hydrogen-bond acceptors (Lipinski definition) is 6. The van der Waals surface area contributed by atoms with E-state index in [4.69, 9.17) is 14.2 Å². The van der Waals surface area contributed by atoms with Crippen LogP contribution in [0.15, 0.2) is 89.8 Å². The highest BCUT2D eigenvalue weighted by Crippen LogP contribution is 2.41. The fourth-order valence-electron chi connectivity index (χ4n) is 4.77. The third-order valence-electron chi connectivity index (χ3n) is 6.70. The molecule has 0 aliphatic carbocycles. The van der Waals surface area contributed by atoms with Gasteiger partial charge in [-0.25, -0.2) is 19.1 Å². The van der Waals surface area contributed by atoms with E-state index in [-0.39, 0.29) is 12.2 Å². The molecule has 2 atom stereocenters. The summed E-state index contributed by atoms with van der Waals surface area (Å²) in [6.45, 7) is 1.70. The van der Waals surface area contributed by atoms with E-state index in [1.54, 1.807) is 25.3 Å². The molecule has 8 nitrogen and oxygen atoms in total. The minimum Gasteiger partial charge on any atom is -0.424 e. The second-order valence-corrected chi connectivity index (χ2v) is 8.96. The van der Waals surface area contributed by atoms with E-state index in [1.165, 1.54) is 18.4 Å². The fourth-order valence-corrected chi connectivity index (χ4v) is 4.77. The van der Waals surface area contributed by atoms with Gasteiger partial charge in [-0.3, -0.25) is 4.79 Å². The number of aromatic nitrogens is 3. The molecule has 184 valence electrons. The lowest BCUT2D eigenvalue weighted by Gasteiger charge is -2.25. The third kappa shape index (κ3) is 3.76. The van der Waals surface area contributed by atoms with Crippen molar-refractivity contribution in [3.8, 4) is 11.1 Å². The Bertz CT molecular complexity index is 1600. The van der Waals surface area contributed by atoms with Crippen molar-refractivity contribution in [1.82, 2.24) is 20.0 Å². The quantitative estimate of drug-likeness (QED) is 0.331. The van der Waals surface area contributed by atoms with Crippen LogP contribution < -0.4 is 0 Å². The zero-order valence-electron chi connectivity index (χ0n) is 19.7. The average molecular weight is 496 g/mol. The molecule has 1 fully saturated rings. The molecule has 0 bridgehead atoms. The van der Waals surface area contributed by atoms with Gasteiger partial charge in [-0.15, -0.1) is 0 Å². The SMILES string of the molecule is C[C@H](c1ccc(F)cc1)N1C(=O)O[C@](Cc2ccccc2)(c2nc3c(-c4cnoc4)cccc3[nH]2)C1=O. The Labute approximate surface area is 210 Å². The topological polar surface area (TPSA) is 101 Å². The molecule has 0 radical (unpaired) electrons. The predicted octanol–water partition coefficient (Wildman–Crippen LogP) is 5.54. The van der Waals surface area contributed by atoms with E-state index in [9.17, 15) is 14.0 Å². The molecule has 6 rings (SSSR count). The van der Waals surface area contributed by atoms with Crippen molar-refractivity contribution >= 4 is 23.0 Å². The summed E-state index contributed by atoms with van der Waals surface area (Å²) in [4.78, 5) is 36.5. The molecule has 0 saturated carbocycles. The lowest BCUT2D eigenvalue weighted by Crippen LogP contribution is -2.42. The van der Waals surface area contributed by atoms with Crippen LogP contribution in [-0.4, -0.2) is 32.0 Å². The van der Waals surface area contributed by atoms with Crippen molar-refractivity contribution in [2.45, 2.75) is 25.0 Å². The summed E-state index contributed by atoms with van der Waals surface area (Å²) in [5, 5.41) is 3.78. The lowest BCUT2D eigenvalue weighted by molar-refractivity contribution is -0.139. The first-order valence-electron chi connectivity index (χ1n) is 11.7. The van der Waals surface area contributed by atoms with Crippen LogP contribution in [0.2, 0.25) is 0 Å². The molecule has 5 aromatic rings. The molecule has 1 aliphatic rings. The second-order valence-electron chi connectivity index (χ2n) is 8.96. The zero-order valence-corrected chi connectivity index (χ0v) is 19.7. The number of cyclic esters (lactones) is 1. The van der Waals surface area contributed by atoms with E-state index in [2.05, 4.69) is 10.1 Å². The Morgan fingerprint density at radius 2 is 1.81 bits per heavy atom. The summed E-state index contributed by atoms with van der Waals surface area (Å²) >= 11 is 0. The van der Waals surface area contributed by atoms with Crippen LogP contribution >= 0.6 is 0 Å². The van der Waals surface area contributed by atoms with Gasteiger partial charge in [0.15, 0.2) is 5.82 Å². The summed E-state index contributed by atoms with van der Waals surface area (Å²) in [5.74, 6) is -0.748. The van der Waals surface area contributed by atoms with Crippen molar-refractivity contribution in [2.24, 2.45) is 0 Å². The maximum absolute atomic E-state index is 14.1. The molecule has 0 unspecified atom stereocenters. The van der Waals surface area contributed by atoms with Gasteiger partial charge in [0.05, 0.1) is 23.3 Å². The average Bonchev–Trinajstić information content (AvgIpc) is 3.64. The smallest absolute Gasteiger partial charge is 0.418 e. The van der Waals surface area contributed by atoms with Gasteiger partial charge in [-0.2, -0.15) is 0 Å². The molecule has 37 heavy (non-hydrogen) atoms. The first kappa shape index (κ1) is 22.7. The first-order valence-corrected chi connectivity index (χ1v) is 11.7. The fraction of sp³-hybridized carbons (Fsp3) is 0.143. The Morgan fingerprint density at radius 1 is 1.03 bits per heavy atom. The van der Waals surface area contributed by atoms with Gasteiger partial charge in [-0.05, 0) is 36.2 Å². The van der Waals surface area contributed by atoms with Crippen LogP contribution in [0.25, 0.3) is 22.2 Å². The number of amides is 2. The number of benzene rings is 3. The Kier molecular flexibility index (Phi) is 5.33. The number of halogens is 1. The Balaban J connectivity index is 1.48. The number of H-pyrrole nitrogens is 1. The molecular weight excluding hydrogens is 475 g/mol. The highest BCUT2D eigenvalue weighted by molar-refractivity contribution is 6.04. The van der Waals surface area contributed by atoms with Crippen molar-refractivity contribution in [3.63, 3.8) is 0 Å². The van der Waals surface area contributed by atoms with Crippen LogP contribution in [0.5, 0.6) is 0 Å². The number of ether oxygens (including phenoxy) is 1. The van der Waals surface area contributed by atoms with Gasteiger partial charge >= 0.3 is 6.09 Å². The van der Waals surface area contributed by atoms with Gasteiger partial charge in [0.1, 0.15) is 12.1 Å². The standard InChI is InChI=1S/C28H21FN4O4/c1-17(19-10-12-21(29)13-11-19)33-26(34)28(37-27(33)35,14-18-6-3-2-4-7-18)25-31-23-9-5-8-22(24(23)32-25)20-15-30-36-16-20/h2-13,15-17H,14H2,1H3,(H,31,32)/t17-,28-/m1/s1. The highest BCUT2D eigenvalue weighted by atomic mass is 19.1. The highest BCUT2D eigenvalue weighted by Gasteiger charge is 2.58. The number of carbonyl (C=O) groups is 2. The molecule has 0 spiro atoms. The molecule has 1 saturated heterocycles. The van der Waals surface area contributed by atoms with Gasteiger partial charge in [-0.1, -0.05) is 59.8 Å². The van der Waals surface area contributed by atoms with E-state index in [0.29, 0.717) is 16.6 Å². The molecule has 3 heterocycles. The molecule has 2 aromatic heterocycles. The van der Waals surface area contributed by atoms with Gasteiger partial charge < -0.3 is 14.2 Å². The summed E-state index contributed by atoms with van der Waals surface area (Å²) in [6.07, 6.45) is 2.37. The lowest BCUT2D eigenvalue weighted by atomic mass is 9.92. The minimum absolute atomic E-state index is 0.0769. The van der Waals surface area contributed by atoms with Crippen molar-refractivity contribution in [1.29, 1.82) is 0 Å². The number of aromatic amines is 1. The number of imidazole rings is 1. The first-order chi connectivity index (χ1) is 18.0. The number of carbonyl (C=O) groups excluding carboxylic acids is 2. The van der Waals surface area contributed by atoms with E-state index in [1.807, 2.05) is 48.5 Å². The van der Waals surface area contributed by atoms with Crippen LogP contribution in [-0.2, 0) is 21.6 Å². The van der Waals surface area contributed by atoms with Crippen molar-refractivity contribution in [2.75, 3.05) is 0 Å². The summed E-state index contributed by atoms with van der Waals surface area (Å²) in [7, 11) is 0. The maximum Gasteiger partial charge on any atom is 0.418 e. The molecule has 1 aliphatic heterocycles. The van der Waals surface area contributed by atoms with Crippen LogP contribution in [0, 0.1) is 5.82 Å². The number of hydrogen-bond donors (Lipinski definition) is 1. The van der Waals surface area contributed by atoms with Crippen LogP contribution in [0.1, 0.15) is 29.9 Å². The summed E-state index contributed by atoms with van der Waals surface area (Å²) < 4.78 is 24.4. The number of imide groups is 1. The number of fused-ring (bicyclic) bond motifs is 1. The van der Waals surface area contributed by atoms with E-state index >= 15 is 0 Å². The molecule has 1 N–H and O–H groups in total. The normalized spacial score (nSPS) is 18.4. The number of para-hydroxylation sites is 1. The zero-order chi connectivity index (χ0) is 25.6. The number of rotatable bonds is 6.